The normalized spacial score (nSPS) is 11.3. The fourth-order valence-electron chi connectivity index (χ4n) is 1.74. The van der Waals surface area contributed by atoms with Crippen molar-refractivity contribution in [2.24, 2.45) is 0 Å². The fraction of sp³-hybridized carbons (Fsp3) is 0.200. The first-order valence-electron chi connectivity index (χ1n) is 6.38. The molecule has 0 aliphatic carbocycles. The summed E-state index contributed by atoms with van der Waals surface area (Å²) in [6.07, 6.45) is 1.21. The van der Waals surface area contributed by atoms with Crippen LogP contribution in [0, 0.1) is 0 Å². The number of benzene rings is 2. The summed E-state index contributed by atoms with van der Waals surface area (Å²) in [5, 5.41) is 3.98. The van der Waals surface area contributed by atoms with Crippen LogP contribution in [0.25, 0.3) is 0 Å². The van der Waals surface area contributed by atoms with Gasteiger partial charge in [0.2, 0.25) is 0 Å². The number of para-hydroxylation sites is 1. The van der Waals surface area contributed by atoms with E-state index in [1.165, 1.54) is 6.26 Å². The van der Waals surface area contributed by atoms with Crippen molar-refractivity contribution in [3.8, 4) is 0 Å². The van der Waals surface area contributed by atoms with Crippen LogP contribution in [0.2, 0.25) is 5.02 Å². The summed E-state index contributed by atoms with van der Waals surface area (Å²) in [5.74, 6) is 0.865. The molecule has 0 aliphatic rings. The molecule has 0 radical (unpaired) electrons. The molecule has 0 spiro atoms. The van der Waals surface area contributed by atoms with Crippen molar-refractivity contribution in [3.63, 3.8) is 0 Å². The highest BCUT2D eigenvalue weighted by Gasteiger charge is 2.06. The van der Waals surface area contributed by atoms with Gasteiger partial charge >= 0.3 is 0 Å². The number of sulfone groups is 1. The average Bonchev–Trinajstić information content (AvgIpc) is 2.45. The van der Waals surface area contributed by atoms with Crippen LogP contribution in [0.15, 0.2) is 58.3 Å². The highest BCUT2D eigenvalue weighted by Crippen LogP contribution is 2.22. The Morgan fingerprint density at radius 1 is 1.10 bits per heavy atom. The molecule has 0 bridgehead atoms. The summed E-state index contributed by atoms with van der Waals surface area (Å²) in [6, 6.07) is 14.6. The Bertz CT molecular complexity index is 700. The number of hydrogen-bond donors (Lipinski definition) is 1. The lowest BCUT2D eigenvalue weighted by Gasteiger charge is -2.08. The number of nitrogens with one attached hydrogen (secondary N) is 1. The molecular formula is C15H16ClNO2S2. The molecule has 0 amide bonds. The van der Waals surface area contributed by atoms with E-state index in [4.69, 9.17) is 11.6 Å². The van der Waals surface area contributed by atoms with Crippen LogP contribution < -0.4 is 5.32 Å². The number of halogens is 1. The summed E-state index contributed by atoms with van der Waals surface area (Å²) in [4.78, 5) is 1.39. The second-order valence-corrected chi connectivity index (χ2v) is 8.09. The molecule has 0 heterocycles. The molecule has 2 rings (SSSR count). The van der Waals surface area contributed by atoms with Gasteiger partial charge in [-0.2, -0.15) is 0 Å². The van der Waals surface area contributed by atoms with E-state index in [0.717, 1.165) is 22.9 Å². The molecule has 0 atom stereocenters. The van der Waals surface area contributed by atoms with Crippen LogP contribution in [0.4, 0.5) is 5.69 Å². The number of rotatable bonds is 6. The quantitative estimate of drug-likeness (QED) is 0.638. The van der Waals surface area contributed by atoms with Gasteiger partial charge in [-0.3, -0.25) is 0 Å². The van der Waals surface area contributed by atoms with Crippen molar-refractivity contribution in [1.82, 2.24) is 0 Å². The molecule has 2 aromatic carbocycles. The molecule has 0 saturated carbocycles. The summed E-state index contributed by atoms with van der Waals surface area (Å²) >= 11 is 7.72. The van der Waals surface area contributed by atoms with Crippen LogP contribution in [-0.2, 0) is 9.84 Å². The Morgan fingerprint density at radius 3 is 2.38 bits per heavy atom. The maximum Gasteiger partial charge on any atom is 0.175 e. The molecule has 112 valence electrons. The van der Waals surface area contributed by atoms with Gasteiger partial charge in [-0.25, -0.2) is 8.42 Å². The Labute approximate surface area is 134 Å². The van der Waals surface area contributed by atoms with Crippen LogP contribution in [0.3, 0.4) is 0 Å². The lowest BCUT2D eigenvalue weighted by molar-refractivity contribution is 0.602. The van der Waals surface area contributed by atoms with Gasteiger partial charge in [0.1, 0.15) is 0 Å². The van der Waals surface area contributed by atoms with Crippen LogP contribution in [-0.4, -0.2) is 27.0 Å². The third kappa shape index (κ3) is 4.95. The summed E-state index contributed by atoms with van der Waals surface area (Å²) in [5.41, 5.74) is 0.923. The second kappa shape index (κ2) is 7.20. The molecule has 0 unspecified atom stereocenters. The SMILES string of the molecule is CS(=O)(=O)c1ccc(SCCNc2ccccc2Cl)cc1. The fourth-order valence-corrected chi connectivity index (χ4v) is 3.34. The predicted octanol–water partition coefficient (Wildman–Crippen LogP) is 3.95. The van der Waals surface area contributed by atoms with Gasteiger partial charge in [0.25, 0.3) is 0 Å². The molecule has 2 aromatic rings. The van der Waals surface area contributed by atoms with E-state index in [1.807, 2.05) is 36.4 Å². The third-order valence-electron chi connectivity index (χ3n) is 2.81. The standard InChI is InChI=1S/C15H16ClNO2S2/c1-21(18,19)13-8-6-12(7-9-13)20-11-10-17-15-5-3-2-4-14(15)16/h2-9,17H,10-11H2,1H3. The van der Waals surface area contributed by atoms with E-state index in [-0.39, 0.29) is 0 Å². The van der Waals surface area contributed by atoms with Gasteiger partial charge in [-0.1, -0.05) is 23.7 Å². The minimum absolute atomic E-state index is 0.348. The second-order valence-electron chi connectivity index (χ2n) is 4.50. The van der Waals surface area contributed by atoms with Crippen LogP contribution in [0.1, 0.15) is 0 Å². The first-order chi connectivity index (χ1) is 9.97. The van der Waals surface area contributed by atoms with Crippen LogP contribution >= 0.6 is 23.4 Å². The van der Waals surface area contributed by atoms with Gasteiger partial charge in [0, 0.05) is 23.4 Å². The Hall–Kier alpha value is -1.17. The number of thioether (sulfide) groups is 1. The van der Waals surface area contributed by atoms with E-state index in [9.17, 15) is 8.42 Å². The summed E-state index contributed by atoms with van der Waals surface area (Å²) < 4.78 is 22.7. The lowest BCUT2D eigenvalue weighted by Crippen LogP contribution is -2.04. The Kier molecular flexibility index (Phi) is 5.56. The van der Waals surface area contributed by atoms with Crippen molar-refractivity contribution in [1.29, 1.82) is 0 Å². The number of anilines is 1. The highest BCUT2D eigenvalue weighted by molar-refractivity contribution is 7.99. The zero-order chi connectivity index (χ0) is 15.3. The van der Waals surface area contributed by atoms with Gasteiger partial charge in [-0.05, 0) is 36.4 Å². The van der Waals surface area contributed by atoms with Gasteiger partial charge in [0.05, 0.1) is 15.6 Å². The van der Waals surface area contributed by atoms with Crippen molar-refractivity contribution in [2.75, 3.05) is 23.9 Å². The van der Waals surface area contributed by atoms with E-state index < -0.39 is 9.84 Å². The zero-order valence-electron chi connectivity index (χ0n) is 11.5. The summed E-state index contributed by atoms with van der Waals surface area (Å²) in [6.45, 7) is 0.780. The highest BCUT2D eigenvalue weighted by atomic mass is 35.5. The predicted molar refractivity (Wildman–Crippen MR) is 90.2 cm³/mol. The van der Waals surface area contributed by atoms with E-state index in [1.54, 1.807) is 23.9 Å². The maximum atomic E-state index is 11.4. The first-order valence-corrected chi connectivity index (χ1v) is 9.63. The molecule has 1 N–H and O–H groups in total. The average molecular weight is 342 g/mol. The molecule has 21 heavy (non-hydrogen) atoms. The van der Waals surface area contributed by atoms with E-state index >= 15 is 0 Å². The smallest absolute Gasteiger partial charge is 0.175 e. The third-order valence-corrected chi connectivity index (χ3v) is 5.28. The zero-order valence-corrected chi connectivity index (χ0v) is 13.9. The minimum Gasteiger partial charge on any atom is -0.383 e. The Morgan fingerprint density at radius 2 is 1.76 bits per heavy atom. The van der Waals surface area contributed by atoms with E-state index in [0.29, 0.717) is 9.92 Å². The molecular weight excluding hydrogens is 326 g/mol. The van der Waals surface area contributed by atoms with Crippen molar-refractivity contribution in [2.45, 2.75) is 9.79 Å². The topological polar surface area (TPSA) is 46.2 Å². The summed E-state index contributed by atoms with van der Waals surface area (Å²) in [7, 11) is -3.12. The van der Waals surface area contributed by atoms with Gasteiger partial charge < -0.3 is 5.32 Å². The number of hydrogen-bond acceptors (Lipinski definition) is 4. The molecule has 3 nitrogen and oxygen atoms in total. The maximum absolute atomic E-state index is 11.4. The van der Waals surface area contributed by atoms with Gasteiger partial charge in [0.15, 0.2) is 9.84 Å². The molecule has 6 heteroatoms. The Balaban J connectivity index is 1.83. The monoisotopic (exact) mass is 341 g/mol. The van der Waals surface area contributed by atoms with E-state index in [2.05, 4.69) is 5.32 Å². The molecule has 0 saturated heterocycles. The largest absolute Gasteiger partial charge is 0.383 e. The van der Waals surface area contributed by atoms with Crippen molar-refractivity contribution < 1.29 is 8.42 Å². The minimum atomic E-state index is -3.12. The lowest BCUT2D eigenvalue weighted by atomic mass is 10.3. The van der Waals surface area contributed by atoms with Crippen LogP contribution in [0.5, 0.6) is 0 Å². The van der Waals surface area contributed by atoms with Crippen molar-refractivity contribution in [3.05, 3.63) is 53.6 Å². The molecule has 0 aliphatic heterocycles. The molecule has 0 fully saturated rings. The first kappa shape index (κ1) is 16.2. The van der Waals surface area contributed by atoms with Gasteiger partial charge in [-0.15, -0.1) is 11.8 Å². The van der Waals surface area contributed by atoms with Crippen molar-refractivity contribution >= 4 is 38.9 Å². The molecule has 0 aromatic heterocycles.